The molecule has 74 valence electrons. The molecular formula is C7H16Cl2N2O. The molecule has 0 amide bonds. The molecule has 0 aromatic heterocycles. The molecule has 3 unspecified atom stereocenters. The highest BCUT2D eigenvalue weighted by atomic mass is 35.5. The third kappa shape index (κ3) is 2.47. The van der Waals surface area contributed by atoms with Crippen LogP contribution in [0.3, 0.4) is 0 Å². The maximum absolute atomic E-state index is 5.80. The summed E-state index contributed by atoms with van der Waals surface area (Å²) < 4.78 is 5.44. The zero-order chi connectivity index (χ0) is 6.97. The Morgan fingerprint density at radius 3 is 2.75 bits per heavy atom. The second-order valence-electron chi connectivity index (χ2n) is 3.23. The van der Waals surface area contributed by atoms with Gasteiger partial charge in [0.05, 0.1) is 12.8 Å². The van der Waals surface area contributed by atoms with E-state index in [2.05, 4.69) is 5.32 Å². The molecule has 1 heterocycles. The number of ether oxygens (including phenoxy) is 1. The van der Waals surface area contributed by atoms with Gasteiger partial charge in [-0.25, -0.2) is 0 Å². The van der Waals surface area contributed by atoms with Gasteiger partial charge in [-0.05, 0) is 19.3 Å². The normalized spacial score (nSPS) is 39.2. The van der Waals surface area contributed by atoms with Crippen LogP contribution in [0.25, 0.3) is 0 Å². The Bertz CT molecular complexity index is 137. The molecular weight excluding hydrogens is 199 g/mol. The average molecular weight is 215 g/mol. The van der Waals surface area contributed by atoms with Gasteiger partial charge in [0.25, 0.3) is 0 Å². The monoisotopic (exact) mass is 214 g/mol. The van der Waals surface area contributed by atoms with Crippen molar-refractivity contribution in [2.45, 2.75) is 37.5 Å². The summed E-state index contributed by atoms with van der Waals surface area (Å²) in [4.78, 5) is 0. The van der Waals surface area contributed by atoms with Gasteiger partial charge in [-0.15, -0.1) is 24.8 Å². The Morgan fingerprint density at radius 1 is 1.25 bits per heavy atom. The highest BCUT2D eigenvalue weighted by Gasteiger charge is 2.32. The summed E-state index contributed by atoms with van der Waals surface area (Å²) in [5.74, 6) is 0. The van der Waals surface area contributed by atoms with E-state index in [1.165, 1.54) is 0 Å². The molecule has 1 aliphatic carbocycles. The van der Waals surface area contributed by atoms with Crippen LogP contribution in [0.5, 0.6) is 0 Å². The summed E-state index contributed by atoms with van der Waals surface area (Å²) in [6.45, 7) is 0.724. The van der Waals surface area contributed by atoms with E-state index >= 15 is 0 Å². The van der Waals surface area contributed by atoms with Crippen LogP contribution >= 0.6 is 24.8 Å². The molecule has 3 nitrogen and oxygen atoms in total. The molecule has 1 saturated carbocycles. The third-order valence-electron chi connectivity index (χ3n) is 2.47. The minimum absolute atomic E-state index is 0. The molecule has 1 aliphatic heterocycles. The molecule has 5 heteroatoms. The second-order valence-corrected chi connectivity index (χ2v) is 3.23. The first-order valence-corrected chi connectivity index (χ1v) is 3.97. The Balaban J connectivity index is 0.000000605. The van der Waals surface area contributed by atoms with Crippen molar-refractivity contribution in [3.63, 3.8) is 0 Å². The number of fused-ring (bicyclic) bond motifs is 1. The van der Waals surface area contributed by atoms with Gasteiger partial charge in [-0.2, -0.15) is 0 Å². The maximum Gasteiger partial charge on any atom is 0.0972 e. The summed E-state index contributed by atoms with van der Waals surface area (Å²) >= 11 is 0. The second kappa shape index (κ2) is 5.25. The fourth-order valence-electron chi connectivity index (χ4n) is 1.85. The number of nitrogens with two attached hydrogens (primary N) is 1. The predicted molar refractivity (Wildman–Crippen MR) is 53.0 cm³/mol. The van der Waals surface area contributed by atoms with E-state index in [1.807, 2.05) is 0 Å². The van der Waals surface area contributed by atoms with Crippen LogP contribution in [0, 0.1) is 0 Å². The van der Waals surface area contributed by atoms with E-state index in [9.17, 15) is 0 Å². The van der Waals surface area contributed by atoms with Crippen molar-refractivity contribution in [1.29, 1.82) is 0 Å². The van der Waals surface area contributed by atoms with E-state index in [0.717, 1.165) is 26.0 Å². The quantitative estimate of drug-likeness (QED) is 0.623. The molecule has 0 bridgehead atoms. The topological polar surface area (TPSA) is 47.3 Å². The molecule has 3 N–H and O–H groups in total. The van der Waals surface area contributed by atoms with Gasteiger partial charge in [-0.3, -0.25) is 5.32 Å². The van der Waals surface area contributed by atoms with Crippen molar-refractivity contribution in [1.82, 2.24) is 5.32 Å². The Hall–Kier alpha value is 0.460. The van der Waals surface area contributed by atoms with Crippen LogP contribution in [0.1, 0.15) is 19.3 Å². The zero-order valence-corrected chi connectivity index (χ0v) is 8.50. The number of nitrogens with one attached hydrogen (secondary N) is 1. The summed E-state index contributed by atoms with van der Waals surface area (Å²) in [5.41, 5.74) is 5.80. The number of hydrogen-bond donors (Lipinski definition) is 2. The van der Waals surface area contributed by atoms with Crippen molar-refractivity contribution in [3.05, 3.63) is 0 Å². The lowest BCUT2D eigenvalue weighted by Gasteiger charge is -2.27. The highest BCUT2D eigenvalue weighted by molar-refractivity contribution is 5.85. The van der Waals surface area contributed by atoms with E-state index in [0.29, 0.717) is 18.2 Å². The van der Waals surface area contributed by atoms with Crippen LogP contribution in [-0.4, -0.2) is 24.9 Å². The van der Waals surface area contributed by atoms with Crippen LogP contribution < -0.4 is 11.1 Å². The summed E-state index contributed by atoms with van der Waals surface area (Å²) in [5, 5.41) is 3.29. The fraction of sp³-hybridized carbons (Fsp3) is 1.00. The molecule has 0 radical (unpaired) electrons. The Kier molecular flexibility index (Phi) is 5.45. The SMILES string of the molecule is Cl.Cl.NC1CCC2OCNC2C1. The van der Waals surface area contributed by atoms with Crippen molar-refractivity contribution in [2.24, 2.45) is 5.73 Å². The van der Waals surface area contributed by atoms with E-state index in [4.69, 9.17) is 10.5 Å². The van der Waals surface area contributed by atoms with Gasteiger partial charge in [0.2, 0.25) is 0 Å². The van der Waals surface area contributed by atoms with Crippen LogP contribution in [0.2, 0.25) is 0 Å². The van der Waals surface area contributed by atoms with E-state index in [1.54, 1.807) is 0 Å². The highest BCUT2D eigenvalue weighted by Crippen LogP contribution is 2.23. The van der Waals surface area contributed by atoms with Crippen LogP contribution in [-0.2, 0) is 4.74 Å². The van der Waals surface area contributed by atoms with Gasteiger partial charge >= 0.3 is 0 Å². The lowest BCUT2D eigenvalue weighted by atomic mass is 9.90. The largest absolute Gasteiger partial charge is 0.361 e. The number of rotatable bonds is 0. The van der Waals surface area contributed by atoms with Crippen molar-refractivity contribution >= 4 is 24.8 Å². The molecule has 1 saturated heterocycles. The first kappa shape index (κ1) is 12.5. The first-order chi connectivity index (χ1) is 4.86. The zero-order valence-electron chi connectivity index (χ0n) is 6.86. The molecule has 0 aromatic rings. The van der Waals surface area contributed by atoms with Gasteiger partial charge in [0.15, 0.2) is 0 Å². The molecule has 2 fully saturated rings. The summed E-state index contributed by atoms with van der Waals surface area (Å²) in [6.07, 6.45) is 3.81. The molecule has 0 spiro atoms. The number of hydrogen-bond acceptors (Lipinski definition) is 3. The standard InChI is InChI=1S/C7H14N2O.2ClH/c8-5-1-2-7-6(3-5)9-4-10-7;;/h5-7,9H,1-4,8H2;2*1H. The summed E-state index contributed by atoms with van der Waals surface area (Å²) in [7, 11) is 0. The predicted octanol–water partition coefficient (Wildman–Crippen LogP) is 0.656. The molecule has 12 heavy (non-hydrogen) atoms. The minimum atomic E-state index is 0. The molecule has 0 aromatic carbocycles. The average Bonchev–Trinajstić information content (AvgIpc) is 2.33. The Labute approximate surface area is 85.2 Å². The van der Waals surface area contributed by atoms with Gasteiger partial charge < -0.3 is 10.5 Å². The maximum atomic E-state index is 5.80. The van der Waals surface area contributed by atoms with E-state index < -0.39 is 0 Å². The summed E-state index contributed by atoms with van der Waals surface area (Å²) in [6, 6.07) is 0.944. The fourth-order valence-corrected chi connectivity index (χ4v) is 1.85. The van der Waals surface area contributed by atoms with Gasteiger partial charge in [-0.1, -0.05) is 0 Å². The van der Waals surface area contributed by atoms with Crippen molar-refractivity contribution < 1.29 is 4.74 Å². The first-order valence-electron chi connectivity index (χ1n) is 3.97. The molecule has 2 aliphatic rings. The lowest BCUT2D eigenvalue weighted by Crippen LogP contribution is -2.42. The Morgan fingerprint density at radius 2 is 2.00 bits per heavy atom. The smallest absolute Gasteiger partial charge is 0.0972 e. The van der Waals surface area contributed by atoms with Crippen molar-refractivity contribution in [3.8, 4) is 0 Å². The third-order valence-corrected chi connectivity index (χ3v) is 2.47. The van der Waals surface area contributed by atoms with Crippen molar-refractivity contribution in [2.75, 3.05) is 6.73 Å². The van der Waals surface area contributed by atoms with Crippen LogP contribution in [0.4, 0.5) is 0 Å². The van der Waals surface area contributed by atoms with Gasteiger partial charge in [0, 0.05) is 12.1 Å². The van der Waals surface area contributed by atoms with Crippen LogP contribution in [0.15, 0.2) is 0 Å². The molecule has 2 rings (SSSR count). The number of halogens is 2. The minimum Gasteiger partial charge on any atom is -0.361 e. The lowest BCUT2D eigenvalue weighted by molar-refractivity contribution is 0.0785. The molecule has 3 atom stereocenters. The van der Waals surface area contributed by atoms with Gasteiger partial charge in [0.1, 0.15) is 0 Å². The van der Waals surface area contributed by atoms with E-state index in [-0.39, 0.29) is 24.8 Å².